The summed E-state index contributed by atoms with van der Waals surface area (Å²) in [4.78, 5) is 23.3. The van der Waals surface area contributed by atoms with Crippen LogP contribution in [0.1, 0.15) is 65.2 Å². The highest BCUT2D eigenvalue weighted by Gasteiger charge is 2.37. The van der Waals surface area contributed by atoms with E-state index < -0.39 is 11.5 Å². The largest absolute Gasteiger partial charge is 0.481 e. The van der Waals surface area contributed by atoms with Crippen LogP contribution in [0.4, 0.5) is 0 Å². The second-order valence-corrected chi connectivity index (χ2v) is 6.18. The Morgan fingerprint density at radius 2 is 1.75 bits per heavy atom. The van der Waals surface area contributed by atoms with Crippen LogP contribution >= 0.6 is 0 Å². The van der Waals surface area contributed by atoms with Gasteiger partial charge in [0, 0.05) is 6.54 Å². The summed E-state index contributed by atoms with van der Waals surface area (Å²) < 4.78 is 0. The lowest BCUT2D eigenvalue weighted by Gasteiger charge is -2.37. The molecule has 0 aromatic heterocycles. The number of nitrogens with two attached hydrogens (primary N) is 1. The Labute approximate surface area is 121 Å². The predicted molar refractivity (Wildman–Crippen MR) is 78.3 cm³/mol. The van der Waals surface area contributed by atoms with E-state index in [0.29, 0.717) is 19.4 Å². The number of hydrogen-bond acceptors (Lipinski definition) is 3. The Bertz CT molecular complexity index is 345. The Morgan fingerprint density at radius 3 is 2.20 bits per heavy atom. The van der Waals surface area contributed by atoms with Crippen LogP contribution in [-0.2, 0) is 9.59 Å². The summed E-state index contributed by atoms with van der Waals surface area (Å²) in [6, 6.07) is 0. The fraction of sp³-hybridized carbons (Fsp3) is 0.867. The SMILES string of the molecule is CCC(N)(CC)C(=O)NCC1(CC(=O)O)CCCCC1. The number of hydrogen-bond donors (Lipinski definition) is 3. The molecule has 5 nitrogen and oxygen atoms in total. The first kappa shape index (κ1) is 17.0. The van der Waals surface area contributed by atoms with Crippen molar-refractivity contribution in [2.24, 2.45) is 11.1 Å². The van der Waals surface area contributed by atoms with Gasteiger partial charge in [0.2, 0.25) is 5.91 Å². The van der Waals surface area contributed by atoms with Gasteiger partial charge in [-0.15, -0.1) is 0 Å². The van der Waals surface area contributed by atoms with Crippen molar-refractivity contribution in [3.05, 3.63) is 0 Å². The zero-order valence-corrected chi connectivity index (χ0v) is 12.7. The van der Waals surface area contributed by atoms with Gasteiger partial charge in [-0.25, -0.2) is 0 Å². The average Bonchev–Trinajstić information content (AvgIpc) is 2.44. The van der Waals surface area contributed by atoms with Gasteiger partial charge in [0.15, 0.2) is 0 Å². The third kappa shape index (κ3) is 4.20. The molecule has 0 unspecified atom stereocenters. The highest BCUT2D eigenvalue weighted by atomic mass is 16.4. The van der Waals surface area contributed by atoms with Crippen molar-refractivity contribution in [1.29, 1.82) is 0 Å². The third-order valence-electron chi connectivity index (χ3n) is 4.78. The van der Waals surface area contributed by atoms with Gasteiger partial charge in [-0.1, -0.05) is 33.1 Å². The molecule has 1 saturated carbocycles. The summed E-state index contributed by atoms with van der Waals surface area (Å²) in [5.41, 5.74) is 4.95. The second-order valence-electron chi connectivity index (χ2n) is 6.18. The van der Waals surface area contributed by atoms with Crippen molar-refractivity contribution < 1.29 is 14.7 Å². The number of amides is 1. The zero-order chi connectivity index (χ0) is 15.2. The molecule has 0 saturated heterocycles. The van der Waals surface area contributed by atoms with Crippen molar-refractivity contribution in [3.8, 4) is 0 Å². The van der Waals surface area contributed by atoms with E-state index in [9.17, 15) is 9.59 Å². The van der Waals surface area contributed by atoms with Gasteiger partial charge in [-0.3, -0.25) is 9.59 Å². The summed E-state index contributed by atoms with van der Waals surface area (Å²) in [7, 11) is 0. The minimum absolute atomic E-state index is 0.128. The number of aliphatic carboxylic acids is 1. The lowest BCUT2D eigenvalue weighted by atomic mass is 9.71. The zero-order valence-electron chi connectivity index (χ0n) is 12.7. The van der Waals surface area contributed by atoms with E-state index in [1.54, 1.807) is 0 Å². The normalized spacial score (nSPS) is 18.6. The number of carboxylic acids is 1. The van der Waals surface area contributed by atoms with Crippen molar-refractivity contribution >= 4 is 11.9 Å². The van der Waals surface area contributed by atoms with Gasteiger partial charge in [0.25, 0.3) is 0 Å². The minimum atomic E-state index is -0.834. The molecule has 4 N–H and O–H groups in total. The summed E-state index contributed by atoms with van der Waals surface area (Å²) in [6.07, 6.45) is 6.27. The molecule has 0 aromatic carbocycles. The van der Waals surface area contributed by atoms with Crippen LogP contribution in [0.2, 0.25) is 0 Å². The molecule has 5 heteroatoms. The van der Waals surface area contributed by atoms with Crippen molar-refractivity contribution in [2.75, 3.05) is 6.54 Å². The van der Waals surface area contributed by atoms with Gasteiger partial charge in [-0.05, 0) is 31.1 Å². The van der Waals surface area contributed by atoms with E-state index in [-0.39, 0.29) is 17.7 Å². The molecule has 0 radical (unpaired) electrons. The smallest absolute Gasteiger partial charge is 0.303 e. The van der Waals surface area contributed by atoms with Crippen molar-refractivity contribution in [3.63, 3.8) is 0 Å². The monoisotopic (exact) mass is 284 g/mol. The fourth-order valence-electron chi connectivity index (χ4n) is 3.05. The molecular weight excluding hydrogens is 256 g/mol. The van der Waals surface area contributed by atoms with E-state index in [4.69, 9.17) is 10.8 Å². The molecule has 1 aliphatic carbocycles. The van der Waals surface area contributed by atoms with Gasteiger partial charge in [0.1, 0.15) is 0 Å². The molecule has 0 bridgehead atoms. The maximum absolute atomic E-state index is 12.2. The molecule has 0 spiro atoms. The Kier molecular flexibility index (Phi) is 5.99. The van der Waals surface area contributed by atoms with Crippen LogP contribution in [0.25, 0.3) is 0 Å². The maximum atomic E-state index is 12.2. The van der Waals surface area contributed by atoms with Gasteiger partial charge < -0.3 is 16.2 Å². The first-order valence-corrected chi connectivity index (χ1v) is 7.66. The maximum Gasteiger partial charge on any atom is 0.303 e. The van der Waals surface area contributed by atoms with Crippen molar-refractivity contribution in [1.82, 2.24) is 5.32 Å². The third-order valence-corrected chi connectivity index (χ3v) is 4.78. The van der Waals surface area contributed by atoms with Crippen molar-refractivity contribution in [2.45, 2.75) is 70.8 Å². The molecule has 1 aliphatic rings. The second kappa shape index (κ2) is 7.07. The van der Waals surface area contributed by atoms with Crippen LogP contribution in [0.3, 0.4) is 0 Å². The Hall–Kier alpha value is -1.10. The van der Waals surface area contributed by atoms with E-state index in [1.807, 2.05) is 13.8 Å². The molecule has 1 fully saturated rings. The first-order chi connectivity index (χ1) is 9.37. The average molecular weight is 284 g/mol. The molecule has 116 valence electrons. The summed E-state index contributed by atoms with van der Waals surface area (Å²) >= 11 is 0. The topological polar surface area (TPSA) is 92.4 Å². The Balaban J connectivity index is 2.67. The summed E-state index contributed by atoms with van der Waals surface area (Å²) in [5, 5.41) is 12.0. The lowest BCUT2D eigenvalue weighted by Crippen LogP contribution is -2.55. The van der Waals surface area contributed by atoms with E-state index in [2.05, 4.69) is 5.32 Å². The first-order valence-electron chi connectivity index (χ1n) is 7.66. The lowest BCUT2D eigenvalue weighted by molar-refractivity contribution is -0.141. The fourth-order valence-corrected chi connectivity index (χ4v) is 3.05. The van der Waals surface area contributed by atoms with E-state index in [1.165, 1.54) is 0 Å². The summed E-state index contributed by atoms with van der Waals surface area (Å²) in [5.74, 6) is -0.941. The van der Waals surface area contributed by atoms with Crippen LogP contribution < -0.4 is 11.1 Å². The molecule has 0 atom stereocenters. The quantitative estimate of drug-likeness (QED) is 0.667. The highest BCUT2D eigenvalue weighted by molar-refractivity contribution is 5.86. The number of carbonyl (C=O) groups excluding carboxylic acids is 1. The predicted octanol–water partition coefficient (Wildman–Crippen LogP) is 2.05. The number of rotatable bonds is 7. The molecule has 20 heavy (non-hydrogen) atoms. The molecule has 0 aromatic rings. The van der Waals surface area contributed by atoms with Crippen LogP contribution in [-0.4, -0.2) is 29.1 Å². The van der Waals surface area contributed by atoms with Crippen LogP contribution in [0, 0.1) is 5.41 Å². The number of carboxylic acid groups (broad SMARTS) is 1. The van der Waals surface area contributed by atoms with Gasteiger partial charge >= 0.3 is 5.97 Å². The molecule has 1 rings (SSSR count). The number of carbonyl (C=O) groups is 2. The van der Waals surface area contributed by atoms with Gasteiger partial charge in [0.05, 0.1) is 12.0 Å². The van der Waals surface area contributed by atoms with E-state index in [0.717, 1.165) is 32.1 Å². The Morgan fingerprint density at radius 1 is 1.20 bits per heavy atom. The summed E-state index contributed by atoms with van der Waals surface area (Å²) in [6.45, 7) is 4.23. The van der Waals surface area contributed by atoms with Crippen LogP contribution in [0.5, 0.6) is 0 Å². The minimum Gasteiger partial charge on any atom is -0.481 e. The highest BCUT2D eigenvalue weighted by Crippen LogP contribution is 2.38. The van der Waals surface area contributed by atoms with Crippen LogP contribution in [0.15, 0.2) is 0 Å². The molecular formula is C15H28N2O3. The standard InChI is InChI=1S/C15H28N2O3/c1-3-15(16,4-2)13(20)17-11-14(10-12(18)19)8-6-5-7-9-14/h3-11,16H2,1-2H3,(H,17,20)(H,18,19). The molecule has 1 amide bonds. The number of nitrogens with one attached hydrogen (secondary N) is 1. The van der Waals surface area contributed by atoms with E-state index >= 15 is 0 Å². The van der Waals surface area contributed by atoms with Gasteiger partial charge in [-0.2, -0.15) is 0 Å². The molecule has 0 aliphatic heterocycles. The molecule has 0 heterocycles.